The van der Waals surface area contributed by atoms with Crippen molar-refractivity contribution in [2.75, 3.05) is 13.7 Å². The molecule has 1 N–H and O–H groups in total. The van der Waals surface area contributed by atoms with Crippen molar-refractivity contribution in [3.63, 3.8) is 0 Å². The van der Waals surface area contributed by atoms with E-state index in [0.717, 1.165) is 6.54 Å². The van der Waals surface area contributed by atoms with Crippen molar-refractivity contribution < 1.29 is 9.13 Å². The van der Waals surface area contributed by atoms with Crippen LogP contribution in [0.2, 0.25) is 0 Å². The third-order valence-corrected chi connectivity index (χ3v) is 1.83. The van der Waals surface area contributed by atoms with Crippen molar-refractivity contribution in [2.45, 2.75) is 13.5 Å². The topological polar surface area (TPSA) is 21.3 Å². The second-order valence-corrected chi connectivity index (χ2v) is 2.71. The quantitative estimate of drug-likeness (QED) is 0.770. The van der Waals surface area contributed by atoms with Crippen LogP contribution in [0.25, 0.3) is 0 Å². The molecule has 0 fully saturated rings. The average Bonchev–Trinajstić information content (AvgIpc) is 2.16. The van der Waals surface area contributed by atoms with E-state index < -0.39 is 0 Å². The molecule has 0 aromatic heterocycles. The molecule has 0 aliphatic carbocycles. The van der Waals surface area contributed by atoms with Crippen LogP contribution in [0, 0.1) is 5.82 Å². The maximum absolute atomic E-state index is 13.4. The van der Waals surface area contributed by atoms with Gasteiger partial charge in [0, 0.05) is 12.1 Å². The molecule has 0 saturated heterocycles. The number of hydrogen-bond donors (Lipinski definition) is 1. The van der Waals surface area contributed by atoms with E-state index in [0.29, 0.717) is 17.9 Å². The fourth-order valence-electron chi connectivity index (χ4n) is 1.11. The van der Waals surface area contributed by atoms with Crippen molar-refractivity contribution in [1.29, 1.82) is 0 Å². The highest BCUT2D eigenvalue weighted by molar-refractivity contribution is 5.30. The molecule has 13 heavy (non-hydrogen) atoms. The Balaban J connectivity index is 2.81. The van der Waals surface area contributed by atoms with Gasteiger partial charge in [-0.15, -0.1) is 0 Å². The van der Waals surface area contributed by atoms with Gasteiger partial charge in [0.2, 0.25) is 0 Å². The molecule has 1 aromatic rings. The molecule has 1 aromatic carbocycles. The zero-order valence-electron chi connectivity index (χ0n) is 7.93. The number of hydrogen-bond acceptors (Lipinski definition) is 2. The lowest BCUT2D eigenvalue weighted by Crippen LogP contribution is -2.13. The SMILES string of the molecule is CCNCc1cccc(OC)c1F. The summed E-state index contributed by atoms with van der Waals surface area (Å²) in [5.41, 5.74) is 0.640. The molecule has 0 radical (unpaired) electrons. The van der Waals surface area contributed by atoms with Crippen LogP contribution >= 0.6 is 0 Å². The predicted octanol–water partition coefficient (Wildman–Crippen LogP) is 1.94. The number of rotatable bonds is 4. The minimum Gasteiger partial charge on any atom is -0.494 e. The van der Waals surface area contributed by atoms with E-state index >= 15 is 0 Å². The molecular weight excluding hydrogens is 169 g/mol. The minimum absolute atomic E-state index is 0.272. The van der Waals surface area contributed by atoms with Crippen LogP contribution in [-0.2, 0) is 6.54 Å². The van der Waals surface area contributed by atoms with Gasteiger partial charge < -0.3 is 10.1 Å². The van der Waals surface area contributed by atoms with Crippen LogP contribution < -0.4 is 10.1 Å². The molecule has 0 amide bonds. The highest BCUT2D eigenvalue weighted by Gasteiger charge is 2.06. The molecule has 72 valence electrons. The zero-order chi connectivity index (χ0) is 9.68. The Kier molecular flexibility index (Phi) is 3.71. The van der Waals surface area contributed by atoms with Gasteiger partial charge in [-0.25, -0.2) is 4.39 Å². The first kappa shape index (κ1) is 9.99. The smallest absolute Gasteiger partial charge is 0.169 e. The van der Waals surface area contributed by atoms with Crippen molar-refractivity contribution >= 4 is 0 Å². The van der Waals surface area contributed by atoms with Crippen LogP contribution in [0.4, 0.5) is 4.39 Å². The molecule has 0 aliphatic heterocycles. The van der Waals surface area contributed by atoms with E-state index in [2.05, 4.69) is 5.32 Å². The maximum Gasteiger partial charge on any atom is 0.169 e. The first-order chi connectivity index (χ1) is 6.29. The first-order valence-corrected chi connectivity index (χ1v) is 4.31. The highest BCUT2D eigenvalue weighted by atomic mass is 19.1. The van der Waals surface area contributed by atoms with Gasteiger partial charge in [-0.2, -0.15) is 0 Å². The number of ether oxygens (including phenoxy) is 1. The Morgan fingerprint density at radius 2 is 2.23 bits per heavy atom. The maximum atomic E-state index is 13.4. The minimum atomic E-state index is -0.272. The van der Waals surface area contributed by atoms with Crippen molar-refractivity contribution in [2.24, 2.45) is 0 Å². The Labute approximate surface area is 77.7 Å². The predicted molar refractivity (Wildman–Crippen MR) is 50.3 cm³/mol. The average molecular weight is 183 g/mol. The van der Waals surface area contributed by atoms with E-state index in [1.807, 2.05) is 6.92 Å². The molecule has 2 nitrogen and oxygen atoms in total. The molecule has 0 saturated carbocycles. The second-order valence-electron chi connectivity index (χ2n) is 2.71. The summed E-state index contributed by atoms with van der Waals surface area (Å²) in [6.45, 7) is 3.36. The lowest BCUT2D eigenvalue weighted by atomic mass is 10.2. The summed E-state index contributed by atoms with van der Waals surface area (Å²) in [5.74, 6) is 0.0290. The van der Waals surface area contributed by atoms with Crippen molar-refractivity contribution in [3.8, 4) is 5.75 Å². The van der Waals surface area contributed by atoms with Gasteiger partial charge in [0.05, 0.1) is 7.11 Å². The molecule has 0 spiro atoms. The highest BCUT2D eigenvalue weighted by Crippen LogP contribution is 2.19. The molecular formula is C10H14FNO. The number of methoxy groups -OCH3 is 1. The van der Waals surface area contributed by atoms with Gasteiger partial charge in [0.25, 0.3) is 0 Å². The summed E-state index contributed by atoms with van der Waals surface area (Å²) >= 11 is 0. The van der Waals surface area contributed by atoms with E-state index in [-0.39, 0.29) is 5.82 Å². The van der Waals surface area contributed by atoms with E-state index in [4.69, 9.17) is 4.74 Å². The summed E-state index contributed by atoms with van der Waals surface area (Å²) in [7, 11) is 1.47. The Morgan fingerprint density at radius 3 is 2.85 bits per heavy atom. The van der Waals surface area contributed by atoms with E-state index in [1.165, 1.54) is 7.11 Å². The largest absolute Gasteiger partial charge is 0.494 e. The van der Waals surface area contributed by atoms with Crippen molar-refractivity contribution in [3.05, 3.63) is 29.6 Å². The molecule has 0 aliphatic rings. The van der Waals surface area contributed by atoms with Gasteiger partial charge in [-0.1, -0.05) is 19.1 Å². The van der Waals surface area contributed by atoms with Crippen LogP contribution in [0.5, 0.6) is 5.75 Å². The van der Waals surface area contributed by atoms with Crippen LogP contribution in [0.15, 0.2) is 18.2 Å². The molecule has 0 atom stereocenters. The van der Waals surface area contributed by atoms with Gasteiger partial charge in [0.1, 0.15) is 0 Å². The standard InChI is InChI=1S/C10H14FNO/c1-3-12-7-8-5-4-6-9(13-2)10(8)11/h4-6,12H,3,7H2,1-2H3. The Morgan fingerprint density at radius 1 is 1.46 bits per heavy atom. The zero-order valence-corrected chi connectivity index (χ0v) is 7.93. The number of nitrogens with one attached hydrogen (secondary N) is 1. The van der Waals surface area contributed by atoms with E-state index in [1.54, 1.807) is 18.2 Å². The van der Waals surface area contributed by atoms with Crippen molar-refractivity contribution in [1.82, 2.24) is 5.32 Å². The summed E-state index contributed by atoms with van der Waals surface area (Å²) in [4.78, 5) is 0. The Bertz CT molecular complexity index is 276. The molecule has 1 rings (SSSR count). The number of benzene rings is 1. The van der Waals surface area contributed by atoms with Gasteiger partial charge in [0.15, 0.2) is 11.6 Å². The third-order valence-electron chi connectivity index (χ3n) is 1.83. The third kappa shape index (κ3) is 2.42. The molecule has 0 heterocycles. The molecule has 0 bridgehead atoms. The molecule has 0 unspecified atom stereocenters. The van der Waals surface area contributed by atoms with E-state index in [9.17, 15) is 4.39 Å². The molecule has 3 heteroatoms. The van der Waals surface area contributed by atoms with Crippen LogP contribution in [0.1, 0.15) is 12.5 Å². The van der Waals surface area contributed by atoms with Crippen LogP contribution in [-0.4, -0.2) is 13.7 Å². The summed E-state index contributed by atoms with van der Waals surface area (Å²) < 4.78 is 18.3. The summed E-state index contributed by atoms with van der Waals surface area (Å²) in [6, 6.07) is 5.15. The van der Waals surface area contributed by atoms with Gasteiger partial charge >= 0.3 is 0 Å². The number of halogens is 1. The van der Waals surface area contributed by atoms with Gasteiger partial charge in [-0.3, -0.25) is 0 Å². The Hall–Kier alpha value is -1.09. The summed E-state index contributed by atoms with van der Waals surface area (Å²) in [5, 5.41) is 3.06. The second kappa shape index (κ2) is 4.82. The fraction of sp³-hybridized carbons (Fsp3) is 0.400. The lowest BCUT2D eigenvalue weighted by Gasteiger charge is -2.07. The normalized spacial score (nSPS) is 10.1. The monoisotopic (exact) mass is 183 g/mol. The van der Waals surface area contributed by atoms with Gasteiger partial charge in [-0.05, 0) is 12.6 Å². The summed E-state index contributed by atoms with van der Waals surface area (Å²) in [6.07, 6.45) is 0. The fourth-order valence-corrected chi connectivity index (χ4v) is 1.11. The first-order valence-electron chi connectivity index (χ1n) is 4.31. The van der Waals surface area contributed by atoms with Crippen LogP contribution in [0.3, 0.4) is 0 Å². The lowest BCUT2D eigenvalue weighted by molar-refractivity contribution is 0.383.